The van der Waals surface area contributed by atoms with Crippen LogP contribution in [0.5, 0.6) is 5.75 Å². The lowest BCUT2D eigenvalue weighted by Crippen LogP contribution is -2.03. The van der Waals surface area contributed by atoms with Crippen LogP contribution in [0.2, 0.25) is 0 Å². The average molecular weight is 391 g/mol. The molecule has 0 atom stereocenters. The molecular weight excluding hydrogens is 360 g/mol. The van der Waals surface area contributed by atoms with Crippen molar-refractivity contribution in [1.29, 1.82) is 0 Å². The Morgan fingerprint density at radius 3 is 2.55 bits per heavy atom. The summed E-state index contributed by atoms with van der Waals surface area (Å²) < 4.78 is 11.4. The maximum absolute atomic E-state index is 12.6. The van der Waals surface area contributed by atoms with E-state index in [9.17, 15) is 4.79 Å². The number of ether oxygens (including phenoxy) is 1. The largest absolute Gasteiger partial charge is 0.493 e. The molecule has 0 N–H and O–H groups in total. The third-order valence-electron chi connectivity index (χ3n) is 5.06. The summed E-state index contributed by atoms with van der Waals surface area (Å²) in [5.74, 6) is 0.714. The molecule has 3 nitrogen and oxygen atoms in total. The van der Waals surface area contributed by atoms with Crippen LogP contribution in [0, 0.1) is 0 Å². The Labute approximate surface area is 173 Å². The summed E-state index contributed by atoms with van der Waals surface area (Å²) in [5.41, 5.74) is 4.16. The van der Waals surface area contributed by atoms with Crippen molar-refractivity contribution in [3.05, 3.63) is 76.7 Å². The summed E-state index contributed by atoms with van der Waals surface area (Å²) in [6.45, 7) is 8.74. The summed E-state index contributed by atoms with van der Waals surface area (Å²) in [6, 6.07) is 15.8. The Bertz CT molecular complexity index is 1010. The minimum Gasteiger partial charge on any atom is -0.493 e. The number of allylic oxidation sites excluding steroid dienone is 1. The molecule has 0 aliphatic heterocycles. The van der Waals surface area contributed by atoms with E-state index in [2.05, 4.69) is 25.6 Å². The summed E-state index contributed by atoms with van der Waals surface area (Å²) >= 11 is 0. The predicted octanol–water partition coefficient (Wildman–Crippen LogP) is 6.93. The van der Waals surface area contributed by atoms with Gasteiger partial charge in [0, 0.05) is 11.5 Å². The van der Waals surface area contributed by atoms with E-state index in [-0.39, 0.29) is 5.63 Å². The van der Waals surface area contributed by atoms with Gasteiger partial charge in [0.1, 0.15) is 11.3 Å². The van der Waals surface area contributed by atoms with Crippen LogP contribution in [0.4, 0.5) is 0 Å². The van der Waals surface area contributed by atoms with Gasteiger partial charge in [0.2, 0.25) is 0 Å². The van der Waals surface area contributed by atoms with Gasteiger partial charge >= 0.3 is 5.63 Å². The Balaban J connectivity index is 1.74. The summed E-state index contributed by atoms with van der Waals surface area (Å²) in [6.07, 6.45) is 6.61. The van der Waals surface area contributed by atoms with E-state index < -0.39 is 0 Å². The van der Waals surface area contributed by atoms with Crippen molar-refractivity contribution in [2.75, 3.05) is 6.61 Å². The second-order valence-electron chi connectivity index (χ2n) is 7.71. The molecule has 3 rings (SSSR count). The fourth-order valence-corrected chi connectivity index (χ4v) is 3.38. The minimum absolute atomic E-state index is 0.323. The summed E-state index contributed by atoms with van der Waals surface area (Å²) in [5, 5.41) is 0.890. The average Bonchev–Trinajstić information content (AvgIpc) is 2.71. The predicted molar refractivity (Wildman–Crippen MR) is 121 cm³/mol. The Hall–Kier alpha value is -2.81. The fourth-order valence-electron chi connectivity index (χ4n) is 3.38. The van der Waals surface area contributed by atoms with Gasteiger partial charge in [0.15, 0.2) is 0 Å². The van der Waals surface area contributed by atoms with Gasteiger partial charge < -0.3 is 9.15 Å². The zero-order valence-corrected chi connectivity index (χ0v) is 17.5. The van der Waals surface area contributed by atoms with Crippen molar-refractivity contribution in [1.82, 2.24) is 0 Å². The Morgan fingerprint density at radius 2 is 1.83 bits per heavy atom. The first kappa shape index (κ1) is 20.9. The molecule has 29 heavy (non-hydrogen) atoms. The number of benzene rings is 2. The molecule has 1 aromatic heterocycles. The molecule has 0 saturated heterocycles. The van der Waals surface area contributed by atoms with E-state index in [1.165, 1.54) is 24.8 Å². The van der Waals surface area contributed by atoms with E-state index in [0.717, 1.165) is 35.8 Å². The molecule has 1 heterocycles. The van der Waals surface area contributed by atoms with E-state index in [4.69, 9.17) is 9.15 Å². The number of hydrogen-bond donors (Lipinski definition) is 0. The molecule has 0 aliphatic carbocycles. The molecule has 0 bridgehead atoms. The SMILES string of the molecule is C=C(C)CCCOc1ccc2cc(-c3ccc(CCCCC)cc3)c(=O)oc2c1. The molecule has 0 amide bonds. The maximum atomic E-state index is 12.6. The zero-order valence-electron chi connectivity index (χ0n) is 17.5. The number of aryl methyl sites for hydroxylation is 1. The van der Waals surface area contributed by atoms with Gasteiger partial charge in [-0.05, 0) is 61.9 Å². The van der Waals surface area contributed by atoms with Crippen LogP contribution in [-0.2, 0) is 6.42 Å². The van der Waals surface area contributed by atoms with Gasteiger partial charge in [-0.25, -0.2) is 4.79 Å². The minimum atomic E-state index is -0.323. The number of rotatable bonds is 10. The topological polar surface area (TPSA) is 39.4 Å². The van der Waals surface area contributed by atoms with Gasteiger partial charge in [-0.15, -0.1) is 6.58 Å². The van der Waals surface area contributed by atoms with Gasteiger partial charge in [0.05, 0.1) is 12.2 Å². The van der Waals surface area contributed by atoms with Crippen molar-refractivity contribution in [3.63, 3.8) is 0 Å². The van der Waals surface area contributed by atoms with E-state index in [1.807, 2.05) is 37.3 Å². The lowest BCUT2D eigenvalue weighted by Gasteiger charge is -2.08. The molecule has 3 aromatic rings. The lowest BCUT2D eigenvalue weighted by molar-refractivity contribution is 0.311. The number of fused-ring (bicyclic) bond motifs is 1. The molecule has 0 fully saturated rings. The summed E-state index contributed by atoms with van der Waals surface area (Å²) in [4.78, 5) is 12.6. The van der Waals surface area contributed by atoms with Crippen molar-refractivity contribution in [2.45, 2.75) is 52.4 Å². The fraction of sp³-hybridized carbons (Fsp3) is 0.346. The third kappa shape index (κ3) is 5.83. The van der Waals surface area contributed by atoms with Crippen molar-refractivity contribution < 1.29 is 9.15 Å². The Morgan fingerprint density at radius 1 is 1.03 bits per heavy atom. The number of unbranched alkanes of at least 4 members (excludes halogenated alkanes) is 2. The monoisotopic (exact) mass is 390 g/mol. The van der Waals surface area contributed by atoms with Crippen LogP contribution in [0.3, 0.4) is 0 Å². The first-order valence-corrected chi connectivity index (χ1v) is 10.5. The third-order valence-corrected chi connectivity index (χ3v) is 5.06. The molecule has 152 valence electrons. The van der Waals surface area contributed by atoms with Gasteiger partial charge in [0.25, 0.3) is 0 Å². The standard InChI is InChI=1S/C26H30O3/c1-4-5-6-9-20-10-12-21(13-11-20)24-17-22-14-15-23(18-25(22)29-26(24)27)28-16-7-8-19(2)3/h10-15,17-18H,2,4-9,16H2,1,3H3. The Kier molecular flexibility index (Phi) is 7.29. The highest BCUT2D eigenvalue weighted by molar-refractivity contribution is 5.82. The second kappa shape index (κ2) is 10.1. The van der Waals surface area contributed by atoms with Crippen LogP contribution in [0.15, 0.2) is 69.9 Å². The van der Waals surface area contributed by atoms with Crippen molar-refractivity contribution >= 4 is 11.0 Å². The molecule has 0 radical (unpaired) electrons. The van der Waals surface area contributed by atoms with Crippen LogP contribution in [0.25, 0.3) is 22.1 Å². The van der Waals surface area contributed by atoms with Gasteiger partial charge in [-0.3, -0.25) is 0 Å². The lowest BCUT2D eigenvalue weighted by atomic mass is 10.0. The molecule has 2 aromatic carbocycles. The molecule has 0 spiro atoms. The zero-order chi connectivity index (χ0) is 20.6. The van der Waals surface area contributed by atoms with Gasteiger partial charge in [-0.1, -0.05) is 49.6 Å². The quantitative estimate of drug-likeness (QED) is 0.214. The molecule has 0 unspecified atom stereocenters. The van der Waals surface area contributed by atoms with Crippen LogP contribution in [-0.4, -0.2) is 6.61 Å². The maximum Gasteiger partial charge on any atom is 0.344 e. The highest BCUT2D eigenvalue weighted by Crippen LogP contribution is 2.25. The smallest absolute Gasteiger partial charge is 0.344 e. The van der Waals surface area contributed by atoms with Crippen molar-refractivity contribution in [2.24, 2.45) is 0 Å². The highest BCUT2D eigenvalue weighted by atomic mass is 16.5. The van der Waals surface area contributed by atoms with E-state index in [0.29, 0.717) is 23.5 Å². The molecule has 0 aliphatic rings. The molecular formula is C26H30O3. The second-order valence-corrected chi connectivity index (χ2v) is 7.71. The van der Waals surface area contributed by atoms with E-state index in [1.54, 1.807) is 6.07 Å². The van der Waals surface area contributed by atoms with Crippen molar-refractivity contribution in [3.8, 4) is 16.9 Å². The van der Waals surface area contributed by atoms with Crippen LogP contribution >= 0.6 is 0 Å². The summed E-state index contributed by atoms with van der Waals surface area (Å²) in [7, 11) is 0. The molecule has 0 saturated carbocycles. The molecule has 3 heteroatoms. The van der Waals surface area contributed by atoms with E-state index >= 15 is 0 Å². The first-order valence-electron chi connectivity index (χ1n) is 10.5. The number of hydrogen-bond acceptors (Lipinski definition) is 3. The highest BCUT2D eigenvalue weighted by Gasteiger charge is 2.09. The first-order chi connectivity index (χ1) is 14.1. The van der Waals surface area contributed by atoms with Gasteiger partial charge in [-0.2, -0.15) is 0 Å². The van der Waals surface area contributed by atoms with Crippen LogP contribution < -0.4 is 10.4 Å². The van der Waals surface area contributed by atoms with Crippen LogP contribution in [0.1, 0.15) is 51.5 Å². The normalized spacial score (nSPS) is 11.0.